The lowest BCUT2D eigenvalue weighted by Crippen LogP contribution is -2.09. The first-order chi connectivity index (χ1) is 31.2. The normalized spacial score (nSPS) is 11.5. The molecule has 0 spiro atoms. The maximum absolute atomic E-state index is 6.24. The Balaban J connectivity index is 0.883. The highest BCUT2D eigenvalue weighted by molar-refractivity contribution is 6.10. The molecule has 3 heteroatoms. The lowest BCUT2D eigenvalue weighted by Gasteiger charge is -2.26. The summed E-state index contributed by atoms with van der Waals surface area (Å²) in [5.41, 5.74) is 18.1. The molecular weight excluding hydrogens is 765 g/mol. The third-order valence-electron chi connectivity index (χ3n) is 12.4. The highest BCUT2D eigenvalue weighted by Crippen LogP contribution is 2.41. The molecule has 2 aromatic heterocycles. The predicted molar refractivity (Wildman–Crippen MR) is 264 cm³/mol. The zero-order valence-corrected chi connectivity index (χ0v) is 34.4. The Hall–Kier alpha value is -8.40. The van der Waals surface area contributed by atoms with Crippen LogP contribution in [-0.4, -0.2) is 4.57 Å². The van der Waals surface area contributed by atoms with Gasteiger partial charge in [0.25, 0.3) is 0 Å². The van der Waals surface area contributed by atoms with E-state index in [0.29, 0.717) is 0 Å². The van der Waals surface area contributed by atoms with Crippen LogP contribution >= 0.6 is 0 Å². The number of fused-ring (bicyclic) bond motifs is 6. The smallest absolute Gasteiger partial charge is 0.135 e. The summed E-state index contributed by atoms with van der Waals surface area (Å²) < 4.78 is 8.65. The lowest BCUT2D eigenvalue weighted by molar-refractivity contribution is 0.669. The molecule has 0 aliphatic rings. The van der Waals surface area contributed by atoms with Crippen molar-refractivity contribution in [1.29, 1.82) is 0 Å². The Bertz CT molecular complexity index is 3530. The average Bonchev–Trinajstić information content (AvgIpc) is 3.90. The highest BCUT2D eigenvalue weighted by Gasteiger charge is 2.18. The van der Waals surface area contributed by atoms with Crippen LogP contribution in [0.1, 0.15) is 0 Å². The van der Waals surface area contributed by atoms with Crippen LogP contribution in [0.5, 0.6) is 0 Å². The number of aromatic nitrogens is 1. The van der Waals surface area contributed by atoms with Crippen molar-refractivity contribution in [3.8, 4) is 50.2 Å². The maximum atomic E-state index is 6.24. The van der Waals surface area contributed by atoms with Crippen LogP contribution in [-0.2, 0) is 0 Å². The van der Waals surface area contributed by atoms with Gasteiger partial charge in [-0.3, -0.25) is 0 Å². The van der Waals surface area contributed by atoms with E-state index in [1.54, 1.807) is 0 Å². The standard InChI is InChI=1S/C60H40N2O/c1-2-12-41(13-3-1)42-22-24-43(25-23-42)45-30-34-48(35-31-45)61(50-38-39-60-55(40-50)54-17-7-11-21-59(54)63-60)49-36-32-46(33-37-49)44-26-28-47(29-27-44)51-14-4-8-18-56(51)62-57-19-9-5-15-52(57)53-16-6-10-20-58(53)62/h1-40H. The van der Waals surface area contributed by atoms with Crippen molar-refractivity contribution in [2.24, 2.45) is 0 Å². The summed E-state index contributed by atoms with van der Waals surface area (Å²) in [6.45, 7) is 0. The Labute approximate surface area is 366 Å². The van der Waals surface area contributed by atoms with Crippen molar-refractivity contribution in [3.63, 3.8) is 0 Å². The number of hydrogen-bond acceptors (Lipinski definition) is 2. The van der Waals surface area contributed by atoms with Crippen LogP contribution in [0.3, 0.4) is 0 Å². The summed E-state index contributed by atoms with van der Waals surface area (Å²) in [6.07, 6.45) is 0. The Morgan fingerprint density at radius 1 is 0.286 bits per heavy atom. The Morgan fingerprint density at radius 3 is 1.29 bits per heavy atom. The molecule has 12 rings (SSSR count). The fourth-order valence-corrected chi connectivity index (χ4v) is 9.33. The third-order valence-corrected chi connectivity index (χ3v) is 12.4. The first-order valence-electron chi connectivity index (χ1n) is 21.5. The summed E-state index contributed by atoms with van der Waals surface area (Å²) >= 11 is 0. The number of rotatable bonds is 8. The molecule has 0 atom stereocenters. The minimum Gasteiger partial charge on any atom is -0.456 e. The summed E-state index contributed by atoms with van der Waals surface area (Å²) in [6, 6.07) is 87.1. The van der Waals surface area contributed by atoms with Crippen LogP contribution < -0.4 is 4.90 Å². The van der Waals surface area contributed by atoms with E-state index in [4.69, 9.17) is 4.42 Å². The van der Waals surface area contributed by atoms with E-state index in [1.807, 2.05) is 12.1 Å². The minimum atomic E-state index is 0.880. The summed E-state index contributed by atoms with van der Waals surface area (Å²) in [4.78, 5) is 2.34. The Morgan fingerprint density at radius 2 is 0.698 bits per heavy atom. The molecule has 0 saturated carbocycles. The molecule has 0 N–H and O–H groups in total. The van der Waals surface area contributed by atoms with Crippen LogP contribution in [0, 0.1) is 0 Å². The topological polar surface area (TPSA) is 21.3 Å². The summed E-state index contributed by atoms with van der Waals surface area (Å²) in [7, 11) is 0. The number of nitrogens with zero attached hydrogens (tertiary/aromatic N) is 2. The van der Waals surface area contributed by atoms with Gasteiger partial charge in [-0.2, -0.15) is 0 Å². The predicted octanol–water partition coefficient (Wildman–Crippen LogP) is 16.8. The van der Waals surface area contributed by atoms with E-state index in [1.165, 1.54) is 66.4 Å². The first kappa shape index (κ1) is 36.5. The number of anilines is 3. The van der Waals surface area contributed by atoms with Crippen LogP contribution in [0.2, 0.25) is 0 Å². The molecule has 12 aromatic rings. The molecule has 0 fully saturated rings. The maximum Gasteiger partial charge on any atom is 0.135 e. The van der Waals surface area contributed by atoms with E-state index in [-0.39, 0.29) is 0 Å². The van der Waals surface area contributed by atoms with Gasteiger partial charge in [-0.1, -0.05) is 176 Å². The largest absolute Gasteiger partial charge is 0.456 e. The second-order valence-electron chi connectivity index (χ2n) is 16.1. The molecule has 0 saturated heterocycles. The van der Waals surface area contributed by atoms with E-state index >= 15 is 0 Å². The van der Waals surface area contributed by atoms with Gasteiger partial charge in [-0.25, -0.2) is 0 Å². The van der Waals surface area contributed by atoms with Crippen molar-refractivity contribution < 1.29 is 4.42 Å². The van der Waals surface area contributed by atoms with E-state index < -0.39 is 0 Å². The average molecular weight is 805 g/mol. The second kappa shape index (κ2) is 15.3. The van der Waals surface area contributed by atoms with Crippen LogP contribution in [0.4, 0.5) is 17.1 Å². The molecule has 0 unspecified atom stereocenters. The number of furan rings is 1. The SMILES string of the molecule is c1ccc(-c2ccc(-c3ccc(N(c4ccc(-c5ccc(-c6ccccc6-n6c7ccccc7c7ccccc76)cc5)cc4)c4ccc5oc6ccccc6c5c4)cc3)cc2)cc1. The van der Waals surface area contributed by atoms with Gasteiger partial charge in [-0.05, 0) is 106 Å². The molecule has 0 aliphatic carbocycles. The summed E-state index contributed by atoms with van der Waals surface area (Å²) in [5, 5.41) is 4.73. The fraction of sp³-hybridized carbons (Fsp3) is 0. The highest BCUT2D eigenvalue weighted by atomic mass is 16.3. The molecular formula is C60H40N2O. The van der Waals surface area contributed by atoms with E-state index in [0.717, 1.165) is 44.6 Å². The minimum absolute atomic E-state index is 0.880. The third kappa shape index (κ3) is 6.46. The molecule has 3 nitrogen and oxygen atoms in total. The van der Waals surface area contributed by atoms with Crippen molar-refractivity contribution in [2.45, 2.75) is 0 Å². The van der Waals surface area contributed by atoms with Gasteiger partial charge in [0.2, 0.25) is 0 Å². The van der Waals surface area contributed by atoms with Crippen molar-refractivity contribution in [1.82, 2.24) is 4.57 Å². The first-order valence-corrected chi connectivity index (χ1v) is 21.5. The van der Waals surface area contributed by atoms with Crippen LogP contribution in [0.25, 0.3) is 93.9 Å². The van der Waals surface area contributed by atoms with Gasteiger partial charge in [0.15, 0.2) is 0 Å². The van der Waals surface area contributed by atoms with Crippen molar-refractivity contribution >= 4 is 60.8 Å². The quantitative estimate of drug-likeness (QED) is 0.153. The zero-order valence-electron chi connectivity index (χ0n) is 34.4. The summed E-state index contributed by atoms with van der Waals surface area (Å²) in [5.74, 6) is 0. The van der Waals surface area contributed by atoms with Gasteiger partial charge >= 0.3 is 0 Å². The number of hydrogen-bond donors (Lipinski definition) is 0. The van der Waals surface area contributed by atoms with Gasteiger partial charge in [-0.15, -0.1) is 0 Å². The van der Waals surface area contributed by atoms with Crippen molar-refractivity contribution in [2.75, 3.05) is 4.90 Å². The monoisotopic (exact) mass is 804 g/mol. The second-order valence-corrected chi connectivity index (χ2v) is 16.1. The van der Waals surface area contributed by atoms with Crippen molar-refractivity contribution in [3.05, 3.63) is 243 Å². The molecule has 0 amide bonds. The molecule has 2 heterocycles. The van der Waals surface area contributed by atoms with E-state index in [9.17, 15) is 0 Å². The molecule has 296 valence electrons. The van der Waals surface area contributed by atoms with Gasteiger partial charge < -0.3 is 13.9 Å². The Kier molecular flexibility index (Phi) is 8.83. The molecule has 10 aromatic carbocycles. The van der Waals surface area contributed by atoms with E-state index in [2.05, 4.69) is 240 Å². The van der Waals surface area contributed by atoms with Gasteiger partial charge in [0.05, 0.1) is 16.7 Å². The molecule has 0 radical (unpaired) electrons. The lowest BCUT2D eigenvalue weighted by atomic mass is 9.98. The van der Waals surface area contributed by atoms with Gasteiger partial charge in [0, 0.05) is 44.2 Å². The molecule has 63 heavy (non-hydrogen) atoms. The molecule has 0 bridgehead atoms. The number of benzene rings is 10. The molecule has 0 aliphatic heterocycles. The fourth-order valence-electron chi connectivity index (χ4n) is 9.33. The van der Waals surface area contributed by atoms with Crippen LogP contribution in [0.15, 0.2) is 247 Å². The van der Waals surface area contributed by atoms with Gasteiger partial charge in [0.1, 0.15) is 11.2 Å². The zero-order chi connectivity index (χ0) is 41.7. The number of para-hydroxylation sites is 4.